The zero-order chi connectivity index (χ0) is 13.3. The van der Waals surface area contributed by atoms with Gasteiger partial charge in [0.25, 0.3) is 0 Å². The minimum Gasteiger partial charge on any atom is -0.290 e. The summed E-state index contributed by atoms with van der Waals surface area (Å²) < 4.78 is 0. The molecule has 1 rings (SSSR count). The van der Waals surface area contributed by atoms with Gasteiger partial charge in [-0.1, -0.05) is 33.3 Å². The summed E-state index contributed by atoms with van der Waals surface area (Å²) in [4.78, 5) is 6.21. The Morgan fingerprint density at radius 3 is 1.82 bits per heavy atom. The van der Waals surface area contributed by atoms with Crippen molar-refractivity contribution in [3.05, 3.63) is 11.1 Å². The lowest BCUT2D eigenvalue weighted by molar-refractivity contribution is -0.195. The van der Waals surface area contributed by atoms with Crippen LogP contribution >= 0.6 is 0 Å². The number of allylic oxidation sites excluding steroid dienone is 1. The third-order valence-corrected chi connectivity index (χ3v) is 3.46. The molecule has 0 aromatic heterocycles. The number of hydroxylamine groups is 2. The molecule has 2 atom stereocenters. The first-order valence-electron chi connectivity index (χ1n) is 6.89. The van der Waals surface area contributed by atoms with Crippen LogP contribution in [-0.2, 0) is 4.84 Å². The van der Waals surface area contributed by atoms with Crippen molar-refractivity contribution in [1.29, 1.82) is 0 Å². The standard InChI is InChI=1S/C15H29NO/c1-9(2)13-14(10(3)4)16(12(7)8)17-15(13)11(5)6/h10-12,14-15H,1-8H3. The van der Waals surface area contributed by atoms with Crippen LogP contribution in [0.3, 0.4) is 0 Å². The van der Waals surface area contributed by atoms with Crippen LogP contribution in [0.25, 0.3) is 0 Å². The predicted molar refractivity (Wildman–Crippen MR) is 73.7 cm³/mol. The predicted octanol–water partition coefficient (Wildman–Crippen LogP) is 4.03. The summed E-state index contributed by atoms with van der Waals surface area (Å²) in [5, 5.41) is 2.21. The van der Waals surface area contributed by atoms with Gasteiger partial charge < -0.3 is 0 Å². The topological polar surface area (TPSA) is 12.5 Å². The first kappa shape index (κ1) is 14.7. The lowest BCUT2D eigenvalue weighted by Crippen LogP contribution is -2.38. The Hall–Kier alpha value is -0.340. The van der Waals surface area contributed by atoms with Gasteiger partial charge in [-0.3, -0.25) is 4.84 Å². The second-order valence-corrected chi connectivity index (χ2v) is 6.37. The normalized spacial score (nSPS) is 26.6. The van der Waals surface area contributed by atoms with Gasteiger partial charge in [0.15, 0.2) is 0 Å². The summed E-state index contributed by atoms with van der Waals surface area (Å²) in [5.41, 5.74) is 2.93. The molecule has 1 heterocycles. The van der Waals surface area contributed by atoms with Crippen molar-refractivity contribution in [2.24, 2.45) is 11.8 Å². The van der Waals surface area contributed by atoms with E-state index in [2.05, 4.69) is 60.5 Å². The summed E-state index contributed by atoms with van der Waals surface area (Å²) in [6.45, 7) is 17.9. The van der Waals surface area contributed by atoms with E-state index in [1.54, 1.807) is 0 Å². The fourth-order valence-electron chi connectivity index (χ4n) is 2.72. The Morgan fingerprint density at radius 2 is 1.53 bits per heavy atom. The van der Waals surface area contributed by atoms with Gasteiger partial charge in [-0.2, -0.15) is 5.06 Å². The molecule has 0 radical (unpaired) electrons. The van der Waals surface area contributed by atoms with Crippen molar-refractivity contribution < 1.29 is 4.84 Å². The molecular formula is C15H29NO. The van der Waals surface area contributed by atoms with E-state index in [1.807, 2.05) is 0 Å². The smallest absolute Gasteiger partial charge is 0.104 e. The van der Waals surface area contributed by atoms with Crippen LogP contribution in [0.15, 0.2) is 11.1 Å². The third-order valence-electron chi connectivity index (χ3n) is 3.46. The summed E-state index contributed by atoms with van der Waals surface area (Å²) in [6, 6.07) is 0.868. The number of hydrogen-bond donors (Lipinski definition) is 0. The molecule has 2 nitrogen and oxygen atoms in total. The van der Waals surface area contributed by atoms with Gasteiger partial charge in [0.1, 0.15) is 6.10 Å². The largest absolute Gasteiger partial charge is 0.290 e. The molecular weight excluding hydrogens is 210 g/mol. The second-order valence-electron chi connectivity index (χ2n) is 6.37. The van der Waals surface area contributed by atoms with Crippen molar-refractivity contribution in [2.75, 3.05) is 0 Å². The van der Waals surface area contributed by atoms with Gasteiger partial charge in [0.05, 0.1) is 6.04 Å². The number of rotatable bonds is 3. The SMILES string of the molecule is CC(C)=C1C(C(C)C)ON(C(C)C)C1C(C)C. The second kappa shape index (κ2) is 5.53. The van der Waals surface area contributed by atoms with Crippen LogP contribution in [0, 0.1) is 11.8 Å². The molecule has 0 bridgehead atoms. The van der Waals surface area contributed by atoms with E-state index >= 15 is 0 Å². The molecule has 100 valence electrons. The van der Waals surface area contributed by atoms with Crippen molar-refractivity contribution in [3.63, 3.8) is 0 Å². The zero-order valence-corrected chi connectivity index (χ0v) is 12.7. The van der Waals surface area contributed by atoms with Gasteiger partial charge in [-0.05, 0) is 45.1 Å². The fraction of sp³-hybridized carbons (Fsp3) is 0.867. The molecule has 0 aromatic carbocycles. The summed E-state index contributed by atoms with van der Waals surface area (Å²) in [5.74, 6) is 1.12. The minimum absolute atomic E-state index is 0.259. The van der Waals surface area contributed by atoms with E-state index < -0.39 is 0 Å². The summed E-state index contributed by atoms with van der Waals surface area (Å²) in [6.07, 6.45) is 0.259. The quantitative estimate of drug-likeness (QED) is 0.690. The highest BCUT2D eigenvalue weighted by Crippen LogP contribution is 2.38. The maximum Gasteiger partial charge on any atom is 0.104 e. The minimum atomic E-state index is 0.259. The molecule has 0 aromatic rings. The van der Waals surface area contributed by atoms with E-state index in [0.717, 1.165) is 0 Å². The summed E-state index contributed by atoms with van der Waals surface area (Å²) in [7, 11) is 0. The molecule has 2 heteroatoms. The number of hydrogen-bond acceptors (Lipinski definition) is 2. The Balaban J connectivity index is 3.15. The molecule has 0 aliphatic carbocycles. The maximum atomic E-state index is 6.21. The van der Waals surface area contributed by atoms with E-state index in [-0.39, 0.29) is 6.10 Å². The highest BCUT2D eigenvalue weighted by Gasteiger charge is 2.42. The highest BCUT2D eigenvalue weighted by atomic mass is 16.7. The van der Waals surface area contributed by atoms with E-state index in [4.69, 9.17) is 4.84 Å². The average molecular weight is 239 g/mol. The lowest BCUT2D eigenvalue weighted by Gasteiger charge is -2.29. The van der Waals surface area contributed by atoms with Crippen LogP contribution in [0.4, 0.5) is 0 Å². The zero-order valence-electron chi connectivity index (χ0n) is 12.7. The van der Waals surface area contributed by atoms with Gasteiger partial charge in [-0.15, -0.1) is 0 Å². The van der Waals surface area contributed by atoms with Crippen LogP contribution in [0.1, 0.15) is 55.4 Å². The molecule has 0 spiro atoms. The maximum absolute atomic E-state index is 6.21. The molecule has 1 aliphatic heterocycles. The molecule has 0 N–H and O–H groups in total. The van der Waals surface area contributed by atoms with Gasteiger partial charge in [0.2, 0.25) is 0 Å². The van der Waals surface area contributed by atoms with Gasteiger partial charge >= 0.3 is 0 Å². The van der Waals surface area contributed by atoms with Gasteiger partial charge in [0, 0.05) is 6.04 Å². The van der Waals surface area contributed by atoms with E-state index in [0.29, 0.717) is 23.9 Å². The lowest BCUT2D eigenvalue weighted by atomic mass is 9.86. The van der Waals surface area contributed by atoms with Crippen molar-refractivity contribution in [3.8, 4) is 0 Å². The van der Waals surface area contributed by atoms with Crippen LogP contribution in [-0.4, -0.2) is 23.3 Å². The number of nitrogens with zero attached hydrogens (tertiary/aromatic N) is 1. The Bertz CT molecular complexity index is 287. The first-order valence-corrected chi connectivity index (χ1v) is 6.89. The highest BCUT2D eigenvalue weighted by molar-refractivity contribution is 5.25. The molecule has 1 fully saturated rings. The van der Waals surface area contributed by atoms with E-state index in [1.165, 1.54) is 11.1 Å². The van der Waals surface area contributed by atoms with Crippen LogP contribution in [0.5, 0.6) is 0 Å². The monoisotopic (exact) mass is 239 g/mol. The van der Waals surface area contributed by atoms with Crippen molar-refractivity contribution in [2.45, 2.75) is 73.6 Å². The first-order chi connectivity index (χ1) is 7.77. The fourth-order valence-corrected chi connectivity index (χ4v) is 2.72. The molecule has 1 saturated heterocycles. The average Bonchev–Trinajstić information content (AvgIpc) is 2.56. The molecule has 17 heavy (non-hydrogen) atoms. The molecule has 2 unspecified atom stereocenters. The Kier molecular flexibility index (Phi) is 4.79. The molecule has 1 aliphatic rings. The Labute approximate surface area is 107 Å². The van der Waals surface area contributed by atoms with Crippen molar-refractivity contribution in [1.82, 2.24) is 5.06 Å². The molecule has 0 amide bonds. The molecule has 0 saturated carbocycles. The van der Waals surface area contributed by atoms with Crippen molar-refractivity contribution >= 4 is 0 Å². The Morgan fingerprint density at radius 1 is 1.00 bits per heavy atom. The summed E-state index contributed by atoms with van der Waals surface area (Å²) >= 11 is 0. The van der Waals surface area contributed by atoms with Gasteiger partial charge in [-0.25, -0.2) is 0 Å². The third kappa shape index (κ3) is 2.92. The van der Waals surface area contributed by atoms with Crippen LogP contribution in [0.2, 0.25) is 0 Å². The van der Waals surface area contributed by atoms with Crippen LogP contribution < -0.4 is 0 Å². The van der Waals surface area contributed by atoms with E-state index in [9.17, 15) is 0 Å².